The van der Waals surface area contributed by atoms with E-state index in [9.17, 15) is 9.50 Å². The van der Waals surface area contributed by atoms with Gasteiger partial charge in [0.05, 0.1) is 24.5 Å². The highest BCUT2D eigenvalue weighted by Crippen LogP contribution is 2.36. The molecule has 1 aromatic rings. The fraction of sp³-hybridized carbons (Fsp3) is 0.583. The molecule has 1 N–H and O–H groups in total. The Labute approximate surface area is 94.3 Å². The van der Waals surface area contributed by atoms with E-state index in [-0.39, 0.29) is 6.10 Å². The largest absolute Gasteiger partial charge is 0.385 e. The second-order valence-electron chi connectivity index (χ2n) is 4.24. The molecule has 1 aromatic heterocycles. The summed E-state index contributed by atoms with van der Waals surface area (Å²) < 4.78 is 19.1. The molecule has 0 radical (unpaired) electrons. The van der Waals surface area contributed by atoms with Crippen LogP contribution in [0.1, 0.15) is 31.7 Å². The molecule has 4 heteroatoms. The Morgan fingerprint density at radius 2 is 2.50 bits per heavy atom. The van der Waals surface area contributed by atoms with E-state index in [0.717, 1.165) is 12.6 Å². The van der Waals surface area contributed by atoms with Crippen LogP contribution in [0.4, 0.5) is 4.39 Å². The molecule has 2 rings (SSSR count). The third kappa shape index (κ3) is 2.08. The molecule has 1 saturated heterocycles. The van der Waals surface area contributed by atoms with Gasteiger partial charge >= 0.3 is 0 Å². The maximum absolute atomic E-state index is 13.6. The van der Waals surface area contributed by atoms with Crippen molar-refractivity contribution >= 4 is 0 Å². The van der Waals surface area contributed by atoms with Crippen molar-refractivity contribution in [2.24, 2.45) is 0 Å². The third-order valence-electron chi connectivity index (χ3n) is 3.16. The maximum Gasteiger partial charge on any atom is 0.147 e. The first-order valence-corrected chi connectivity index (χ1v) is 5.59. The average Bonchev–Trinajstić information content (AvgIpc) is 2.29. The molecule has 0 spiro atoms. The van der Waals surface area contributed by atoms with Crippen molar-refractivity contribution in [2.75, 3.05) is 6.61 Å². The summed E-state index contributed by atoms with van der Waals surface area (Å²) in [5.41, 5.74) is -0.768. The van der Waals surface area contributed by atoms with E-state index < -0.39 is 11.4 Å². The van der Waals surface area contributed by atoms with Crippen molar-refractivity contribution < 1.29 is 14.2 Å². The van der Waals surface area contributed by atoms with Crippen molar-refractivity contribution in [3.05, 3.63) is 29.8 Å². The summed E-state index contributed by atoms with van der Waals surface area (Å²) in [6.07, 6.45) is 4.37. The van der Waals surface area contributed by atoms with Gasteiger partial charge in [-0.1, -0.05) is 6.92 Å². The van der Waals surface area contributed by atoms with Gasteiger partial charge in [-0.3, -0.25) is 4.98 Å². The minimum Gasteiger partial charge on any atom is -0.385 e. The number of nitrogens with zero attached hydrogens (tertiary/aromatic N) is 1. The second kappa shape index (κ2) is 4.47. The van der Waals surface area contributed by atoms with Gasteiger partial charge in [0.25, 0.3) is 0 Å². The highest BCUT2D eigenvalue weighted by molar-refractivity contribution is 5.22. The van der Waals surface area contributed by atoms with Crippen LogP contribution >= 0.6 is 0 Å². The standard InChI is InChI=1S/C12H16FNO2/c1-2-9-7-12(15,4-6-16-9)10-3-5-14-8-11(10)13/h3,5,8-9,15H,2,4,6-7H2,1H3. The van der Waals surface area contributed by atoms with Crippen LogP contribution in [0.25, 0.3) is 0 Å². The van der Waals surface area contributed by atoms with Crippen LogP contribution in [0, 0.1) is 5.82 Å². The fourth-order valence-corrected chi connectivity index (χ4v) is 2.19. The molecule has 1 fully saturated rings. The van der Waals surface area contributed by atoms with Gasteiger partial charge in [-0.05, 0) is 12.5 Å². The number of aliphatic hydroxyl groups is 1. The predicted octanol–water partition coefficient (Wildman–Crippen LogP) is 2.00. The second-order valence-corrected chi connectivity index (χ2v) is 4.24. The van der Waals surface area contributed by atoms with Crippen LogP contribution in [0.15, 0.2) is 18.5 Å². The minimum atomic E-state index is -1.11. The first-order chi connectivity index (χ1) is 7.65. The van der Waals surface area contributed by atoms with Crippen molar-refractivity contribution in [1.82, 2.24) is 4.98 Å². The summed E-state index contributed by atoms with van der Waals surface area (Å²) in [4.78, 5) is 3.69. The van der Waals surface area contributed by atoms with Crippen LogP contribution in [0.2, 0.25) is 0 Å². The van der Waals surface area contributed by atoms with E-state index in [1.54, 1.807) is 6.07 Å². The molecule has 0 aliphatic carbocycles. The van der Waals surface area contributed by atoms with Gasteiger partial charge in [-0.25, -0.2) is 4.39 Å². The Morgan fingerprint density at radius 3 is 3.19 bits per heavy atom. The first kappa shape index (κ1) is 11.5. The molecule has 0 bridgehead atoms. The lowest BCUT2D eigenvalue weighted by atomic mass is 9.83. The molecule has 3 nitrogen and oxygen atoms in total. The molecule has 1 aliphatic rings. The summed E-state index contributed by atoms with van der Waals surface area (Å²) in [6.45, 7) is 2.47. The molecule has 2 atom stereocenters. The predicted molar refractivity (Wildman–Crippen MR) is 57.4 cm³/mol. The van der Waals surface area contributed by atoms with E-state index in [2.05, 4.69) is 4.98 Å². The number of rotatable bonds is 2. The van der Waals surface area contributed by atoms with Crippen LogP contribution in [-0.4, -0.2) is 22.8 Å². The topological polar surface area (TPSA) is 42.4 Å². The molecule has 0 aromatic carbocycles. The van der Waals surface area contributed by atoms with Crippen LogP contribution in [0.3, 0.4) is 0 Å². The van der Waals surface area contributed by atoms with Crippen LogP contribution in [-0.2, 0) is 10.3 Å². The zero-order chi connectivity index (χ0) is 11.6. The smallest absolute Gasteiger partial charge is 0.147 e. The molecular formula is C12H16FNO2. The van der Waals surface area contributed by atoms with Gasteiger partial charge in [0.1, 0.15) is 5.82 Å². The molecule has 0 saturated carbocycles. The normalized spacial score (nSPS) is 30.3. The van der Waals surface area contributed by atoms with Crippen molar-refractivity contribution in [2.45, 2.75) is 37.9 Å². The Hall–Kier alpha value is -1.00. The fourth-order valence-electron chi connectivity index (χ4n) is 2.19. The number of ether oxygens (including phenoxy) is 1. The summed E-state index contributed by atoms with van der Waals surface area (Å²) in [5, 5.41) is 10.5. The lowest BCUT2D eigenvalue weighted by Crippen LogP contribution is -2.39. The summed E-state index contributed by atoms with van der Waals surface area (Å²) in [6, 6.07) is 1.55. The molecule has 2 unspecified atom stereocenters. The van der Waals surface area contributed by atoms with Crippen molar-refractivity contribution in [3.8, 4) is 0 Å². The molecule has 0 amide bonds. The van der Waals surface area contributed by atoms with Crippen molar-refractivity contribution in [1.29, 1.82) is 0 Å². The Morgan fingerprint density at radius 1 is 1.69 bits per heavy atom. The SMILES string of the molecule is CCC1CC(O)(c2ccncc2F)CCO1. The van der Waals surface area contributed by atoms with Crippen LogP contribution in [0.5, 0.6) is 0 Å². The molecule has 16 heavy (non-hydrogen) atoms. The quantitative estimate of drug-likeness (QED) is 0.837. The lowest BCUT2D eigenvalue weighted by Gasteiger charge is -2.37. The third-order valence-corrected chi connectivity index (χ3v) is 3.16. The van der Waals surface area contributed by atoms with Crippen molar-refractivity contribution in [3.63, 3.8) is 0 Å². The molecular weight excluding hydrogens is 209 g/mol. The summed E-state index contributed by atoms with van der Waals surface area (Å²) in [5.74, 6) is -0.443. The Balaban J connectivity index is 2.27. The number of hydrogen-bond acceptors (Lipinski definition) is 3. The number of halogens is 1. The number of hydrogen-bond donors (Lipinski definition) is 1. The lowest BCUT2D eigenvalue weighted by molar-refractivity contribution is -0.110. The van der Waals surface area contributed by atoms with Gasteiger partial charge in [0.15, 0.2) is 0 Å². The molecule has 2 heterocycles. The highest BCUT2D eigenvalue weighted by Gasteiger charge is 2.37. The van der Waals surface area contributed by atoms with E-state index >= 15 is 0 Å². The average molecular weight is 225 g/mol. The number of aromatic nitrogens is 1. The Bertz CT molecular complexity index is 372. The summed E-state index contributed by atoms with van der Waals surface area (Å²) >= 11 is 0. The highest BCUT2D eigenvalue weighted by atomic mass is 19.1. The monoisotopic (exact) mass is 225 g/mol. The van der Waals surface area contributed by atoms with E-state index in [1.807, 2.05) is 6.92 Å². The zero-order valence-electron chi connectivity index (χ0n) is 9.32. The van der Waals surface area contributed by atoms with Gasteiger partial charge in [0, 0.05) is 24.6 Å². The Kier molecular flexibility index (Phi) is 3.21. The van der Waals surface area contributed by atoms with Crippen LogP contribution < -0.4 is 0 Å². The van der Waals surface area contributed by atoms with E-state index in [1.165, 1.54) is 6.20 Å². The van der Waals surface area contributed by atoms with E-state index in [4.69, 9.17) is 4.74 Å². The summed E-state index contributed by atoms with van der Waals surface area (Å²) in [7, 11) is 0. The maximum atomic E-state index is 13.6. The van der Waals surface area contributed by atoms with E-state index in [0.29, 0.717) is 25.0 Å². The van der Waals surface area contributed by atoms with Gasteiger partial charge in [0.2, 0.25) is 0 Å². The van der Waals surface area contributed by atoms with Gasteiger partial charge in [-0.15, -0.1) is 0 Å². The zero-order valence-corrected chi connectivity index (χ0v) is 9.32. The molecule has 1 aliphatic heterocycles. The van der Waals surface area contributed by atoms with Gasteiger partial charge < -0.3 is 9.84 Å². The first-order valence-electron chi connectivity index (χ1n) is 5.59. The molecule has 88 valence electrons. The number of pyridine rings is 1. The van der Waals surface area contributed by atoms with Gasteiger partial charge in [-0.2, -0.15) is 0 Å². The minimum absolute atomic E-state index is 0.00585.